The summed E-state index contributed by atoms with van der Waals surface area (Å²) in [4.78, 5) is 193. The van der Waals surface area contributed by atoms with Crippen molar-refractivity contribution in [2.45, 2.75) is 254 Å². The molecular weight excluding hydrogens is 1320 g/mol. The van der Waals surface area contributed by atoms with Gasteiger partial charge in [0.1, 0.15) is 53.9 Å². The van der Waals surface area contributed by atoms with Gasteiger partial charge in [-0.3, -0.25) is 57.5 Å². The van der Waals surface area contributed by atoms with Crippen molar-refractivity contribution in [2.75, 3.05) is 89.2 Å². The summed E-state index contributed by atoms with van der Waals surface area (Å²) in [6.07, 6.45) is 12.2. The van der Waals surface area contributed by atoms with Crippen LogP contribution in [0.4, 0.5) is 0 Å². The molecule has 7 aliphatic rings. The summed E-state index contributed by atoms with van der Waals surface area (Å²) in [5, 5.41) is 8.45. The van der Waals surface area contributed by atoms with Gasteiger partial charge in [-0.1, -0.05) is 92.2 Å². The number of rotatable bonds is 12. The quantitative estimate of drug-likeness (QED) is 0.168. The molecule has 0 aromatic carbocycles. The van der Waals surface area contributed by atoms with E-state index < -0.39 is 162 Å². The first kappa shape index (κ1) is 81.2. The molecule has 0 radical (unpaired) electrons. The number of likely N-dealkylation sites (N-methyl/N-ethyl adjacent to an activating group) is 7. The Balaban J connectivity index is 1.30. The fourth-order valence-corrected chi connectivity index (χ4v) is 17.1. The number of halogens is 2. The minimum Gasteiger partial charge on any atom is -0.377 e. The molecule has 12 atom stereocenters. The molecule has 100 heavy (non-hydrogen) atoms. The third-order valence-electron chi connectivity index (χ3n) is 22.7. The number of hydrogen-bond donors (Lipinski definition) is 3. The summed E-state index contributed by atoms with van der Waals surface area (Å²) in [5.74, 6) is -7.45. The van der Waals surface area contributed by atoms with E-state index >= 15 is 28.8 Å². The molecule has 0 aromatic rings. The predicted octanol–water partition coefficient (Wildman–Crippen LogP) is 5.17. The number of fused-ring (bicyclic) bond motifs is 3. The van der Waals surface area contributed by atoms with Crippen LogP contribution in [-0.4, -0.2) is 275 Å². The number of ether oxygens (including phenoxy) is 1. The molecule has 27 heteroatoms. The fraction of sp³-hybridized carbons (Fsp3) is 0.808. The van der Waals surface area contributed by atoms with Crippen LogP contribution in [0.5, 0.6) is 0 Å². The zero-order valence-corrected chi connectivity index (χ0v) is 63.9. The van der Waals surface area contributed by atoms with Crippen molar-refractivity contribution in [3.63, 3.8) is 0 Å². The van der Waals surface area contributed by atoms with E-state index in [1.807, 2.05) is 39.8 Å². The van der Waals surface area contributed by atoms with Gasteiger partial charge in [-0.15, -0.1) is 23.2 Å². The van der Waals surface area contributed by atoms with E-state index in [9.17, 15) is 28.8 Å². The number of carbonyl (C=O) groups excluding carboxylic acids is 12. The molecule has 3 aliphatic heterocycles. The van der Waals surface area contributed by atoms with Crippen molar-refractivity contribution in [3.8, 4) is 0 Å². The van der Waals surface area contributed by atoms with E-state index in [2.05, 4.69) is 22.9 Å². The van der Waals surface area contributed by atoms with Gasteiger partial charge in [0, 0.05) is 87.9 Å². The SMILES string of the molecule is CCC[C@H]1C(=O)N[C@@H](C(C)C)C(=O)N(C)CC(=O)N(C)[C@H]2C/C=C\CCN(C2=O)[C@@H](CC2CCC(C)CC2)C(=O)N(C)CC(=O)N[C@@H](CCC2CCC(Cl)C(Cl)C2)C(=O)N2C[C@H](OCC)C[C@H]2C(=O)NC2(CC(C)(C)C2)C(=O)N(C)[C@@H](C2CCC2)C(=O)N(C)[C@H](C(=O)N(C)C)CC(=O)N1C. The van der Waals surface area contributed by atoms with Gasteiger partial charge in [0.2, 0.25) is 70.9 Å². The molecule has 12 amide bonds. The van der Waals surface area contributed by atoms with Gasteiger partial charge in [0.25, 0.3) is 0 Å². The topological polar surface area (TPSA) is 279 Å². The fourth-order valence-electron chi connectivity index (χ4n) is 16.5. The van der Waals surface area contributed by atoms with Crippen LogP contribution in [0.2, 0.25) is 0 Å². The highest BCUT2D eigenvalue weighted by Gasteiger charge is 2.59. The Kier molecular flexibility index (Phi) is 28.8. The predicted molar refractivity (Wildman–Crippen MR) is 381 cm³/mol. The second kappa shape index (κ2) is 35.4. The Morgan fingerprint density at radius 1 is 0.660 bits per heavy atom. The molecule has 562 valence electrons. The first-order chi connectivity index (χ1) is 47.0. The Morgan fingerprint density at radius 3 is 1.90 bits per heavy atom. The van der Waals surface area contributed by atoms with E-state index in [0.717, 1.165) is 38.5 Å². The molecule has 0 aromatic heterocycles. The standard InChI is InChI=1S/C73H118Cl2N12O13/c1-16-22-53-63(91)77-61(44(3)4)69(97)81(11)41-60(90)83(13)54-25-19-18-20-34-86(68(54)96)57(36-47-28-26-45(5)27-29-47)67(95)80(10)40-58(88)76-52(33-31-46-30-32-50(74)51(75)35-46)65(93)87-39-49(100-17-2)37-55(87)64(92)78-73(42-72(6,7)43-73)71(99)85(15)62(48-23-21-24-48)70(98)84(14)56(66(94)79(8)9)38-59(89)82(53)12/h18-19,44-57,61-62H,16-17,20-43H2,1-15H3,(H,76,88)(H,77,91)(H,78,92)/b19-18-/t45?,46?,47?,49-,50?,51?,52+,53+,54+,55+,56+,57+,61+,62+/m1/s1. The molecule has 4 saturated carbocycles. The highest BCUT2D eigenvalue weighted by Crippen LogP contribution is 2.50. The molecular formula is C73H118Cl2N12O13. The second-order valence-corrected chi connectivity index (χ2v) is 32.7. The van der Waals surface area contributed by atoms with Gasteiger partial charge in [-0.2, -0.15) is 0 Å². The molecule has 3 N–H and O–H groups in total. The van der Waals surface area contributed by atoms with Gasteiger partial charge in [0.15, 0.2) is 0 Å². The number of nitrogens with zero attached hydrogens (tertiary/aromatic N) is 9. The first-order valence-corrected chi connectivity index (χ1v) is 37.8. The second-order valence-electron chi connectivity index (χ2n) is 31.6. The number of carbonyl (C=O) groups is 12. The highest BCUT2D eigenvalue weighted by atomic mass is 35.5. The molecule has 2 saturated heterocycles. The summed E-state index contributed by atoms with van der Waals surface area (Å²) < 4.78 is 6.16. The normalized spacial score (nSPS) is 32.6. The Bertz CT molecular complexity index is 2990. The van der Waals surface area contributed by atoms with Crippen LogP contribution in [0, 0.1) is 35.0 Å². The maximum absolute atomic E-state index is 15.7. The van der Waals surface area contributed by atoms with E-state index in [0.29, 0.717) is 57.3 Å². The highest BCUT2D eigenvalue weighted by molar-refractivity contribution is 6.30. The zero-order valence-electron chi connectivity index (χ0n) is 62.4. The summed E-state index contributed by atoms with van der Waals surface area (Å²) in [7, 11) is 11.8. The monoisotopic (exact) mass is 1440 g/mol. The van der Waals surface area contributed by atoms with Crippen molar-refractivity contribution in [1.82, 2.24) is 60.0 Å². The number of alkyl halides is 2. The van der Waals surface area contributed by atoms with Gasteiger partial charge < -0.3 is 64.8 Å². The third-order valence-corrected chi connectivity index (χ3v) is 23.8. The lowest BCUT2D eigenvalue weighted by Gasteiger charge is -2.54. The minimum absolute atomic E-state index is 0.0268. The average Bonchev–Trinajstić information content (AvgIpc) is 0.883. The van der Waals surface area contributed by atoms with Crippen LogP contribution < -0.4 is 16.0 Å². The van der Waals surface area contributed by atoms with E-state index in [1.54, 1.807) is 13.8 Å². The molecule has 4 aliphatic carbocycles. The van der Waals surface area contributed by atoms with Crippen LogP contribution in [0.1, 0.15) is 183 Å². The first-order valence-electron chi connectivity index (χ1n) is 36.9. The summed E-state index contributed by atoms with van der Waals surface area (Å²) in [6.45, 7) is 12.6. The van der Waals surface area contributed by atoms with Gasteiger partial charge in [0.05, 0.1) is 31.0 Å². The van der Waals surface area contributed by atoms with Crippen LogP contribution in [0.3, 0.4) is 0 Å². The number of amides is 12. The van der Waals surface area contributed by atoms with Gasteiger partial charge in [-0.25, -0.2) is 0 Å². The Labute approximate surface area is 603 Å². The van der Waals surface area contributed by atoms with E-state index in [-0.39, 0.29) is 86.7 Å². The van der Waals surface area contributed by atoms with E-state index in [4.69, 9.17) is 27.9 Å². The van der Waals surface area contributed by atoms with Crippen molar-refractivity contribution in [3.05, 3.63) is 12.2 Å². The number of nitrogens with one attached hydrogen (secondary N) is 3. The van der Waals surface area contributed by atoms with Crippen molar-refractivity contribution in [2.24, 2.45) is 35.0 Å². The Hall–Kier alpha value is -6.08. The van der Waals surface area contributed by atoms with Gasteiger partial charge in [-0.05, 0) is 125 Å². The summed E-state index contributed by atoms with van der Waals surface area (Å²) in [5.41, 5.74) is -2.03. The smallest absolute Gasteiger partial charge is 0.248 e. The Morgan fingerprint density at radius 2 is 1.31 bits per heavy atom. The van der Waals surface area contributed by atoms with Crippen molar-refractivity contribution < 1.29 is 62.3 Å². The summed E-state index contributed by atoms with van der Waals surface area (Å²) in [6, 6.07) is -9.49. The molecule has 3 unspecified atom stereocenters. The maximum Gasteiger partial charge on any atom is 0.248 e. The average molecular weight is 1440 g/mol. The molecule has 3 heterocycles. The van der Waals surface area contributed by atoms with Crippen LogP contribution in [0.25, 0.3) is 0 Å². The van der Waals surface area contributed by atoms with Crippen molar-refractivity contribution in [1.29, 1.82) is 0 Å². The lowest BCUT2D eigenvalue weighted by atomic mass is 9.58. The molecule has 6 fully saturated rings. The third kappa shape index (κ3) is 19.6. The minimum atomic E-state index is -1.56. The van der Waals surface area contributed by atoms with Crippen LogP contribution in [-0.2, 0) is 62.3 Å². The van der Waals surface area contributed by atoms with Crippen LogP contribution >= 0.6 is 23.2 Å². The lowest BCUT2D eigenvalue weighted by Crippen LogP contribution is -2.71. The zero-order chi connectivity index (χ0) is 74.0. The molecule has 1 spiro atoms. The number of hydrogen-bond acceptors (Lipinski definition) is 13. The lowest BCUT2D eigenvalue weighted by molar-refractivity contribution is -0.162. The molecule has 25 nitrogen and oxygen atoms in total. The van der Waals surface area contributed by atoms with E-state index in [1.165, 1.54) is 100 Å². The molecule has 2 bridgehead atoms. The van der Waals surface area contributed by atoms with Crippen LogP contribution in [0.15, 0.2) is 12.2 Å². The largest absolute Gasteiger partial charge is 0.377 e. The molecule has 7 rings (SSSR count). The van der Waals surface area contributed by atoms with Crippen molar-refractivity contribution >= 4 is 94.1 Å². The van der Waals surface area contributed by atoms with Gasteiger partial charge >= 0.3 is 0 Å². The summed E-state index contributed by atoms with van der Waals surface area (Å²) >= 11 is 13.3. The maximum atomic E-state index is 15.7.